The molecule has 3 heterocycles. The number of aromatic nitrogens is 1. The Morgan fingerprint density at radius 1 is 1.33 bits per heavy atom. The van der Waals surface area contributed by atoms with Crippen molar-refractivity contribution in [3.8, 4) is 11.5 Å². The highest BCUT2D eigenvalue weighted by Gasteiger charge is 2.26. The summed E-state index contributed by atoms with van der Waals surface area (Å²) < 4.78 is 16.2. The second kappa shape index (κ2) is 6.28. The van der Waals surface area contributed by atoms with Gasteiger partial charge in [-0.15, -0.1) is 0 Å². The van der Waals surface area contributed by atoms with Crippen molar-refractivity contribution in [1.82, 2.24) is 10.3 Å². The van der Waals surface area contributed by atoms with Crippen LogP contribution in [0, 0.1) is 0 Å². The lowest BCUT2D eigenvalue weighted by atomic mass is 10.1. The van der Waals surface area contributed by atoms with Crippen LogP contribution in [0.25, 0.3) is 0 Å². The van der Waals surface area contributed by atoms with Crippen LogP contribution in [-0.2, 0) is 16.1 Å². The average molecular weight is 294 g/mol. The quantitative estimate of drug-likeness (QED) is 0.839. The van der Waals surface area contributed by atoms with E-state index < -0.39 is 12.1 Å². The van der Waals surface area contributed by atoms with Gasteiger partial charge in [0.1, 0.15) is 13.2 Å². The van der Waals surface area contributed by atoms with E-state index in [9.17, 15) is 4.79 Å². The normalized spacial score (nSPS) is 24.6. The molecular formula is C14H18N2O5. The Morgan fingerprint density at radius 2 is 2.14 bits per heavy atom. The fourth-order valence-corrected chi connectivity index (χ4v) is 2.44. The summed E-state index contributed by atoms with van der Waals surface area (Å²) in [7, 11) is 0. The molecule has 1 aromatic rings. The highest BCUT2D eigenvalue weighted by atomic mass is 16.6. The van der Waals surface area contributed by atoms with Crippen LogP contribution in [0.1, 0.15) is 18.5 Å². The first-order chi connectivity index (χ1) is 10.2. The molecule has 1 fully saturated rings. The third-order valence-electron chi connectivity index (χ3n) is 3.61. The van der Waals surface area contributed by atoms with Gasteiger partial charge in [0.2, 0.25) is 0 Å². The number of rotatable bonds is 4. The molecule has 114 valence electrons. The molecule has 0 bridgehead atoms. The topological polar surface area (TPSA) is 89.9 Å². The summed E-state index contributed by atoms with van der Waals surface area (Å²) in [6.07, 6.45) is 2.31. The highest BCUT2D eigenvalue weighted by molar-refractivity contribution is 5.72. The molecule has 2 atom stereocenters. The highest BCUT2D eigenvalue weighted by Crippen LogP contribution is 2.29. The Labute approximate surface area is 122 Å². The molecule has 1 aromatic heterocycles. The van der Waals surface area contributed by atoms with Crippen molar-refractivity contribution in [3.05, 3.63) is 18.0 Å². The molecule has 1 saturated heterocycles. The van der Waals surface area contributed by atoms with E-state index in [2.05, 4.69) is 10.3 Å². The zero-order valence-corrected chi connectivity index (χ0v) is 11.6. The molecule has 21 heavy (non-hydrogen) atoms. The third-order valence-corrected chi connectivity index (χ3v) is 3.61. The lowest BCUT2D eigenvalue weighted by Crippen LogP contribution is -2.42. The van der Waals surface area contributed by atoms with Crippen LogP contribution >= 0.6 is 0 Å². The molecule has 0 aliphatic carbocycles. The number of carbonyl (C=O) groups is 1. The van der Waals surface area contributed by atoms with Gasteiger partial charge in [-0.2, -0.15) is 0 Å². The molecule has 0 amide bonds. The molecule has 2 N–H and O–H groups in total. The lowest BCUT2D eigenvalue weighted by Gasteiger charge is -2.27. The molecule has 0 radical (unpaired) electrons. The zero-order valence-electron chi connectivity index (χ0n) is 11.6. The predicted molar refractivity (Wildman–Crippen MR) is 72.5 cm³/mol. The van der Waals surface area contributed by atoms with Crippen LogP contribution < -0.4 is 14.8 Å². The van der Waals surface area contributed by atoms with Gasteiger partial charge in [-0.05, 0) is 12.8 Å². The van der Waals surface area contributed by atoms with Gasteiger partial charge in [0.05, 0.1) is 18.5 Å². The van der Waals surface area contributed by atoms with Crippen LogP contribution in [0.4, 0.5) is 0 Å². The number of ether oxygens (including phenoxy) is 3. The van der Waals surface area contributed by atoms with Gasteiger partial charge in [-0.3, -0.25) is 4.98 Å². The van der Waals surface area contributed by atoms with Crippen molar-refractivity contribution in [2.24, 2.45) is 0 Å². The standard InChI is InChI=1S/C14H18N2O5/c17-14(18)11-2-1-9(8-21-11)15-6-10-5-12-13(7-16-10)20-4-3-19-12/h5,7,9,11,15H,1-4,6,8H2,(H,17,18)/t9-,11+/m1/s1. The van der Waals surface area contributed by atoms with Crippen LogP contribution in [0.5, 0.6) is 11.5 Å². The van der Waals surface area contributed by atoms with Crippen molar-refractivity contribution in [1.29, 1.82) is 0 Å². The first-order valence-electron chi connectivity index (χ1n) is 7.04. The van der Waals surface area contributed by atoms with Gasteiger partial charge in [0.25, 0.3) is 0 Å². The summed E-state index contributed by atoms with van der Waals surface area (Å²) in [4.78, 5) is 15.1. The van der Waals surface area contributed by atoms with Crippen LogP contribution in [-0.4, -0.2) is 48.0 Å². The van der Waals surface area contributed by atoms with E-state index in [1.165, 1.54) is 0 Å². The number of nitrogens with zero attached hydrogens (tertiary/aromatic N) is 1. The number of aliphatic carboxylic acids is 1. The van der Waals surface area contributed by atoms with E-state index in [4.69, 9.17) is 19.3 Å². The molecular weight excluding hydrogens is 276 g/mol. The van der Waals surface area contributed by atoms with Crippen molar-refractivity contribution in [2.45, 2.75) is 31.5 Å². The van der Waals surface area contributed by atoms with Gasteiger partial charge in [-0.25, -0.2) is 4.79 Å². The van der Waals surface area contributed by atoms with Crippen molar-refractivity contribution in [2.75, 3.05) is 19.8 Å². The third kappa shape index (κ3) is 3.43. The van der Waals surface area contributed by atoms with Crippen molar-refractivity contribution < 1.29 is 24.1 Å². The number of nitrogens with one attached hydrogen (secondary N) is 1. The van der Waals surface area contributed by atoms with Crippen LogP contribution in [0.2, 0.25) is 0 Å². The average Bonchev–Trinajstić information content (AvgIpc) is 2.53. The van der Waals surface area contributed by atoms with E-state index in [-0.39, 0.29) is 6.04 Å². The summed E-state index contributed by atoms with van der Waals surface area (Å²) in [6.45, 7) is 2.09. The minimum atomic E-state index is -0.887. The first kappa shape index (κ1) is 14.1. The number of pyridine rings is 1. The Balaban J connectivity index is 1.50. The fourth-order valence-electron chi connectivity index (χ4n) is 2.44. The van der Waals surface area contributed by atoms with Crippen molar-refractivity contribution >= 4 is 5.97 Å². The smallest absolute Gasteiger partial charge is 0.332 e. The van der Waals surface area contributed by atoms with E-state index in [1.54, 1.807) is 6.20 Å². The number of hydrogen-bond donors (Lipinski definition) is 2. The minimum Gasteiger partial charge on any atom is -0.486 e. The van der Waals surface area contributed by atoms with E-state index in [0.717, 1.165) is 17.9 Å². The van der Waals surface area contributed by atoms with Gasteiger partial charge >= 0.3 is 5.97 Å². The molecule has 0 aromatic carbocycles. The maximum atomic E-state index is 10.8. The largest absolute Gasteiger partial charge is 0.486 e. The van der Waals surface area contributed by atoms with E-state index >= 15 is 0 Å². The lowest BCUT2D eigenvalue weighted by molar-refractivity contribution is -0.154. The summed E-state index contributed by atoms with van der Waals surface area (Å²) in [5.74, 6) is 0.510. The van der Waals surface area contributed by atoms with Gasteiger partial charge in [-0.1, -0.05) is 0 Å². The summed E-state index contributed by atoms with van der Waals surface area (Å²) >= 11 is 0. The Kier molecular flexibility index (Phi) is 4.21. The summed E-state index contributed by atoms with van der Waals surface area (Å²) in [5, 5.41) is 12.2. The molecule has 7 heteroatoms. The summed E-state index contributed by atoms with van der Waals surface area (Å²) in [5.41, 5.74) is 0.861. The predicted octanol–water partition coefficient (Wildman–Crippen LogP) is 0.575. The van der Waals surface area contributed by atoms with Crippen LogP contribution in [0.15, 0.2) is 12.3 Å². The van der Waals surface area contributed by atoms with E-state index in [1.807, 2.05) is 6.07 Å². The van der Waals surface area contributed by atoms with E-state index in [0.29, 0.717) is 38.5 Å². The molecule has 2 aliphatic heterocycles. The Bertz CT molecular complexity index is 514. The minimum absolute atomic E-state index is 0.149. The number of carboxylic acids is 1. The number of hydrogen-bond acceptors (Lipinski definition) is 6. The summed E-state index contributed by atoms with van der Waals surface area (Å²) in [6, 6.07) is 2.02. The Morgan fingerprint density at radius 3 is 2.86 bits per heavy atom. The van der Waals surface area contributed by atoms with Gasteiger partial charge in [0.15, 0.2) is 17.6 Å². The molecule has 0 unspecified atom stereocenters. The molecule has 2 aliphatic rings. The first-order valence-corrected chi connectivity index (χ1v) is 7.04. The second-order valence-corrected chi connectivity index (χ2v) is 5.13. The molecule has 3 rings (SSSR count). The molecule has 0 spiro atoms. The second-order valence-electron chi connectivity index (χ2n) is 5.13. The SMILES string of the molecule is O=C(O)[C@@H]1CC[C@@H](NCc2cc3c(cn2)OCCO3)CO1. The fraction of sp³-hybridized carbons (Fsp3) is 0.571. The maximum absolute atomic E-state index is 10.8. The van der Waals surface area contributed by atoms with Crippen molar-refractivity contribution in [3.63, 3.8) is 0 Å². The molecule has 0 saturated carbocycles. The van der Waals surface area contributed by atoms with Gasteiger partial charge in [0, 0.05) is 18.7 Å². The Hall–Kier alpha value is -1.86. The maximum Gasteiger partial charge on any atom is 0.332 e. The number of fused-ring (bicyclic) bond motifs is 1. The zero-order chi connectivity index (χ0) is 14.7. The van der Waals surface area contributed by atoms with Gasteiger partial charge < -0.3 is 24.6 Å². The molecule has 7 nitrogen and oxygen atoms in total. The number of carboxylic acid groups (broad SMARTS) is 1. The van der Waals surface area contributed by atoms with Crippen LogP contribution in [0.3, 0.4) is 0 Å². The monoisotopic (exact) mass is 294 g/mol.